The quantitative estimate of drug-likeness (QED) is 0.0763. The van der Waals surface area contributed by atoms with Crippen LogP contribution in [0.25, 0.3) is 0 Å². The van der Waals surface area contributed by atoms with E-state index in [9.17, 15) is 29.7 Å². The Morgan fingerprint density at radius 3 is 0.650 bits per heavy atom. The molecular formula is C18H33AlO21. The Labute approximate surface area is 235 Å². The van der Waals surface area contributed by atoms with E-state index in [0.717, 1.165) is 0 Å². The van der Waals surface area contributed by atoms with Gasteiger partial charge in [-0.3, -0.25) is 0 Å². The predicted octanol–water partition coefficient (Wildman–Crippen LogP) is -14.9. The molecule has 0 saturated heterocycles. The van der Waals surface area contributed by atoms with Crippen LogP contribution in [0, 0.1) is 0 Å². The molecule has 234 valence electrons. The molecule has 0 aromatic rings. The van der Waals surface area contributed by atoms with Gasteiger partial charge in [0.2, 0.25) is 0 Å². The number of hydrogen-bond acceptors (Lipinski definition) is 21. The zero-order chi connectivity index (χ0) is 31.8. The molecule has 0 spiro atoms. The molecule has 22 heteroatoms. The van der Waals surface area contributed by atoms with Gasteiger partial charge < -0.3 is 106 Å². The first-order chi connectivity index (χ1) is 17.7. The molecule has 0 aromatic carbocycles. The third kappa shape index (κ3) is 16.6. The number of carboxylic acid groups (broad SMARTS) is 3. The van der Waals surface area contributed by atoms with Crippen molar-refractivity contribution in [3.63, 3.8) is 0 Å². The van der Waals surface area contributed by atoms with Crippen molar-refractivity contribution in [1.29, 1.82) is 0 Å². The zero-order valence-corrected chi connectivity index (χ0v) is 21.4. The van der Waals surface area contributed by atoms with Crippen LogP contribution in [0.2, 0.25) is 0 Å². The van der Waals surface area contributed by atoms with E-state index in [4.69, 9.17) is 76.6 Å². The van der Waals surface area contributed by atoms with Crippen LogP contribution < -0.4 is 15.3 Å². The summed E-state index contributed by atoms with van der Waals surface area (Å²) >= 11 is 0. The summed E-state index contributed by atoms with van der Waals surface area (Å²) < 4.78 is 0. The number of rotatable bonds is 15. The fraction of sp³-hybridized carbons (Fsp3) is 0.833. The minimum atomic E-state index is -2.31. The van der Waals surface area contributed by atoms with Crippen LogP contribution in [0.5, 0.6) is 0 Å². The SMILES string of the molecule is O=C([O-])[C@@H](O)[C@H](O)[C@@H](O)[C@H](O)CO.O=C([O-])[C@@H](O)[C@H](O)[C@@H](O)[C@H](O)CO.O=C([O-])[C@@H](O)[C@H](O)[C@@H](O)[C@H](O)CO.[Al+3]. The van der Waals surface area contributed by atoms with Crippen molar-refractivity contribution in [2.24, 2.45) is 0 Å². The Kier molecular flexibility index (Phi) is 26.0. The van der Waals surface area contributed by atoms with E-state index in [-0.39, 0.29) is 17.4 Å². The summed E-state index contributed by atoms with van der Waals surface area (Å²) in [6.45, 7) is -2.59. The molecule has 0 aliphatic rings. The second-order valence-corrected chi connectivity index (χ2v) is 7.48. The molecule has 12 atom stereocenters. The number of carbonyl (C=O) groups excluding carboxylic acids is 3. The van der Waals surface area contributed by atoms with Gasteiger partial charge in [-0.25, -0.2) is 0 Å². The monoisotopic (exact) mass is 612 g/mol. The molecule has 0 fully saturated rings. The van der Waals surface area contributed by atoms with E-state index in [0.29, 0.717) is 0 Å². The molecule has 0 saturated carbocycles. The van der Waals surface area contributed by atoms with Gasteiger partial charge >= 0.3 is 17.4 Å². The number of aliphatic hydroxyl groups excluding tert-OH is 15. The molecule has 0 amide bonds. The topological polar surface area (TPSA) is 424 Å². The number of aliphatic hydroxyl groups is 15. The Morgan fingerprint density at radius 2 is 0.550 bits per heavy atom. The molecule has 15 N–H and O–H groups in total. The predicted molar refractivity (Wildman–Crippen MR) is 114 cm³/mol. The first-order valence-electron chi connectivity index (χ1n) is 10.4. The number of hydrogen-bond donors (Lipinski definition) is 15. The molecule has 0 aliphatic heterocycles. The van der Waals surface area contributed by atoms with Gasteiger partial charge in [-0.2, -0.15) is 0 Å². The van der Waals surface area contributed by atoms with Gasteiger partial charge in [-0.15, -0.1) is 0 Å². The maximum absolute atomic E-state index is 9.98. The Bertz CT molecular complexity index is 608. The van der Waals surface area contributed by atoms with E-state index in [1.807, 2.05) is 0 Å². The molecule has 21 nitrogen and oxygen atoms in total. The van der Waals surface area contributed by atoms with E-state index in [2.05, 4.69) is 0 Å². The first kappa shape index (κ1) is 45.3. The molecule has 0 heterocycles. The van der Waals surface area contributed by atoms with Crippen LogP contribution in [0.1, 0.15) is 0 Å². The maximum Gasteiger partial charge on any atom is 3.00 e. The molecule has 0 rings (SSSR count). The molecule has 0 aliphatic carbocycles. The van der Waals surface area contributed by atoms with Crippen LogP contribution in [-0.2, 0) is 14.4 Å². The van der Waals surface area contributed by atoms with Crippen LogP contribution in [0.4, 0.5) is 0 Å². The van der Waals surface area contributed by atoms with Gasteiger partial charge in [-0.05, 0) is 0 Å². The van der Waals surface area contributed by atoms with Crippen LogP contribution in [-0.4, -0.2) is 205 Å². The van der Waals surface area contributed by atoms with Gasteiger partial charge in [0.05, 0.1) is 37.7 Å². The maximum atomic E-state index is 9.98. The summed E-state index contributed by atoms with van der Waals surface area (Å²) in [5.74, 6) is -5.93. The Balaban J connectivity index is -0.000000240. The number of aliphatic carboxylic acids is 3. The normalized spacial score (nSPS) is 19.9. The standard InChI is InChI=1S/3C6H12O7.Al/c3*7-1-2(8)3(9)4(10)5(11)6(12)13;/h3*2-5,7-11H,1H2,(H,12,13);/q;;;+3/p-3/t3*2-,3+,4-,5+;/m111./s1. The van der Waals surface area contributed by atoms with Crippen molar-refractivity contribution in [1.82, 2.24) is 0 Å². The largest absolute Gasteiger partial charge is 3.00 e. The van der Waals surface area contributed by atoms with E-state index < -0.39 is 111 Å². The Morgan fingerprint density at radius 1 is 0.400 bits per heavy atom. The van der Waals surface area contributed by atoms with Crippen molar-refractivity contribution in [2.75, 3.05) is 19.8 Å². The van der Waals surface area contributed by atoms with Crippen molar-refractivity contribution in [3.8, 4) is 0 Å². The van der Waals surface area contributed by atoms with Gasteiger partial charge in [-0.1, -0.05) is 0 Å². The molecule has 0 radical (unpaired) electrons. The Hall–Kier alpha value is -1.66. The minimum Gasteiger partial charge on any atom is -0.547 e. The van der Waals surface area contributed by atoms with Crippen molar-refractivity contribution in [3.05, 3.63) is 0 Å². The summed E-state index contributed by atoms with van der Waals surface area (Å²) in [6, 6.07) is 0. The third-order valence-corrected chi connectivity index (χ3v) is 4.49. The fourth-order valence-corrected chi connectivity index (χ4v) is 1.99. The molecule has 0 bridgehead atoms. The average molecular weight is 612 g/mol. The van der Waals surface area contributed by atoms with Crippen LogP contribution >= 0.6 is 0 Å². The van der Waals surface area contributed by atoms with E-state index in [1.165, 1.54) is 0 Å². The van der Waals surface area contributed by atoms with Crippen molar-refractivity contribution < 1.29 is 106 Å². The number of carboxylic acids is 3. The van der Waals surface area contributed by atoms with Crippen LogP contribution in [0.15, 0.2) is 0 Å². The van der Waals surface area contributed by atoms with Gasteiger partial charge in [0.25, 0.3) is 0 Å². The number of carbonyl (C=O) groups is 3. The summed E-state index contributed by atoms with van der Waals surface area (Å²) in [4.78, 5) is 29.9. The third-order valence-electron chi connectivity index (χ3n) is 4.49. The first-order valence-corrected chi connectivity index (χ1v) is 10.4. The summed E-state index contributed by atoms with van der Waals surface area (Å²) in [7, 11) is 0. The minimum absolute atomic E-state index is 0. The molecular weight excluding hydrogens is 579 g/mol. The fourth-order valence-electron chi connectivity index (χ4n) is 1.99. The van der Waals surface area contributed by atoms with Crippen LogP contribution in [0.3, 0.4) is 0 Å². The van der Waals surface area contributed by atoms with Gasteiger partial charge in [0.1, 0.15) is 73.2 Å². The summed E-state index contributed by atoms with van der Waals surface area (Å²) in [6.07, 6.45) is -24.2. The second-order valence-electron chi connectivity index (χ2n) is 7.48. The van der Waals surface area contributed by atoms with Crippen molar-refractivity contribution >= 4 is 35.3 Å². The van der Waals surface area contributed by atoms with E-state index >= 15 is 0 Å². The average Bonchev–Trinajstić information content (AvgIpc) is 2.92. The van der Waals surface area contributed by atoms with Crippen molar-refractivity contribution in [2.45, 2.75) is 73.2 Å². The smallest absolute Gasteiger partial charge is 0.547 e. The van der Waals surface area contributed by atoms with Gasteiger partial charge in [0, 0.05) is 0 Å². The zero-order valence-electron chi connectivity index (χ0n) is 20.3. The molecule has 0 aromatic heterocycles. The van der Waals surface area contributed by atoms with E-state index in [1.54, 1.807) is 0 Å². The summed E-state index contributed by atoms with van der Waals surface area (Å²) in [5, 5.41) is 160. The van der Waals surface area contributed by atoms with Gasteiger partial charge in [0.15, 0.2) is 0 Å². The molecule has 40 heavy (non-hydrogen) atoms. The second kappa shape index (κ2) is 23.0. The summed E-state index contributed by atoms with van der Waals surface area (Å²) in [5.41, 5.74) is 0. The molecule has 0 unspecified atom stereocenters.